The minimum atomic E-state index is -0.00118. The van der Waals surface area contributed by atoms with E-state index in [4.69, 9.17) is 11.6 Å². The lowest BCUT2D eigenvalue weighted by molar-refractivity contribution is 0.103. The van der Waals surface area contributed by atoms with E-state index in [1.807, 2.05) is 18.4 Å². The second kappa shape index (κ2) is 4.70. The van der Waals surface area contributed by atoms with Crippen LogP contribution in [0.15, 0.2) is 34.1 Å². The summed E-state index contributed by atoms with van der Waals surface area (Å²) in [5.41, 5.74) is 1.32. The van der Waals surface area contributed by atoms with Gasteiger partial charge in [0, 0.05) is 30.9 Å². The Bertz CT molecular complexity index is 548. The number of hydrogen-bond donors (Lipinski definition) is 0. The summed E-state index contributed by atoms with van der Waals surface area (Å²) >= 11 is 10.8. The van der Waals surface area contributed by atoms with Crippen LogP contribution in [0.2, 0.25) is 5.02 Å². The smallest absolute Gasteiger partial charge is 0.195 e. The molecule has 0 saturated heterocycles. The monoisotopic (exact) mass is 314 g/mol. The predicted octanol–water partition coefficient (Wildman–Crippen LogP) is 4.70. The molecule has 0 aliphatic carbocycles. The van der Waals surface area contributed by atoms with Gasteiger partial charge in [-0.05, 0) is 31.2 Å². The van der Waals surface area contributed by atoms with E-state index in [-0.39, 0.29) is 5.78 Å². The van der Waals surface area contributed by atoms with Crippen LogP contribution in [-0.4, -0.2) is 5.78 Å². The van der Waals surface area contributed by atoms with Gasteiger partial charge in [0.25, 0.3) is 0 Å². The minimum absolute atomic E-state index is 0.00118. The van der Waals surface area contributed by atoms with Crippen LogP contribution in [0.5, 0.6) is 0 Å². The molecule has 0 spiro atoms. The van der Waals surface area contributed by atoms with Crippen molar-refractivity contribution in [2.45, 2.75) is 6.92 Å². The van der Waals surface area contributed by atoms with Crippen LogP contribution >= 0.6 is 38.9 Å². The van der Waals surface area contributed by atoms with E-state index in [0.717, 1.165) is 9.35 Å². The molecule has 1 nitrogen and oxygen atoms in total. The molecule has 2 rings (SSSR count). The second-order valence-corrected chi connectivity index (χ2v) is 5.81. The highest BCUT2D eigenvalue weighted by atomic mass is 79.9. The summed E-state index contributed by atoms with van der Waals surface area (Å²) in [6.07, 6.45) is 0. The Labute approximate surface area is 111 Å². The van der Waals surface area contributed by atoms with Crippen molar-refractivity contribution in [3.8, 4) is 0 Å². The zero-order valence-corrected chi connectivity index (χ0v) is 11.6. The first-order chi connectivity index (χ1) is 7.58. The van der Waals surface area contributed by atoms with Crippen molar-refractivity contribution in [1.82, 2.24) is 0 Å². The van der Waals surface area contributed by atoms with Crippen LogP contribution in [0.4, 0.5) is 0 Å². The van der Waals surface area contributed by atoms with Crippen LogP contribution in [0.25, 0.3) is 0 Å². The Morgan fingerprint density at radius 1 is 1.38 bits per heavy atom. The lowest BCUT2D eigenvalue weighted by Crippen LogP contribution is -2.00. The zero-order chi connectivity index (χ0) is 11.7. The molecule has 0 aliphatic rings. The summed E-state index contributed by atoms with van der Waals surface area (Å²) < 4.78 is 0.769. The molecule has 0 aliphatic heterocycles. The van der Waals surface area contributed by atoms with Gasteiger partial charge in [0.05, 0.1) is 0 Å². The molecule has 1 heterocycles. The molecule has 16 heavy (non-hydrogen) atoms. The number of rotatable bonds is 2. The minimum Gasteiger partial charge on any atom is -0.289 e. The summed E-state index contributed by atoms with van der Waals surface area (Å²) in [7, 11) is 0. The van der Waals surface area contributed by atoms with Crippen molar-refractivity contribution < 1.29 is 4.79 Å². The van der Waals surface area contributed by atoms with Gasteiger partial charge < -0.3 is 0 Å². The van der Waals surface area contributed by atoms with Gasteiger partial charge in [0.1, 0.15) is 0 Å². The largest absolute Gasteiger partial charge is 0.289 e. The molecule has 0 N–H and O–H groups in total. The van der Waals surface area contributed by atoms with Crippen molar-refractivity contribution in [1.29, 1.82) is 0 Å². The van der Waals surface area contributed by atoms with E-state index in [1.54, 1.807) is 29.5 Å². The lowest BCUT2D eigenvalue weighted by Gasteiger charge is -2.02. The highest BCUT2D eigenvalue weighted by Crippen LogP contribution is 2.25. The molecule has 1 aromatic heterocycles. The van der Waals surface area contributed by atoms with Gasteiger partial charge in [-0.15, -0.1) is 11.3 Å². The molecule has 1 aromatic carbocycles. The molecule has 2 aromatic rings. The summed E-state index contributed by atoms with van der Waals surface area (Å²) in [5.74, 6) is -0.00118. The number of carbonyl (C=O) groups is 1. The second-order valence-electron chi connectivity index (χ2n) is 3.40. The SMILES string of the molecule is Cc1cc(C(=O)c2cc(Cl)ccc2Br)cs1. The molecule has 0 radical (unpaired) electrons. The number of ketones is 1. The van der Waals surface area contributed by atoms with Crippen LogP contribution in [0.1, 0.15) is 20.8 Å². The first-order valence-electron chi connectivity index (χ1n) is 4.63. The Kier molecular flexibility index (Phi) is 3.47. The number of halogens is 2. The van der Waals surface area contributed by atoms with Gasteiger partial charge in [-0.25, -0.2) is 0 Å². The van der Waals surface area contributed by atoms with Crippen LogP contribution in [0, 0.1) is 6.92 Å². The molecular formula is C12H8BrClOS. The average Bonchev–Trinajstić information content (AvgIpc) is 2.67. The molecule has 0 amide bonds. The average molecular weight is 316 g/mol. The number of carbonyl (C=O) groups excluding carboxylic acids is 1. The van der Waals surface area contributed by atoms with Crippen molar-refractivity contribution in [2.24, 2.45) is 0 Å². The molecule has 0 fully saturated rings. The van der Waals surface area contributed by atoms with Gasteiger partial charge >= 0.3 is 0 Å². The first kappa shape index (κ1) is 11.8. The van der Waals surface area contributed by atoms with E-state index in [0.29, 0.717) is 16.1 Å². The third-order valence-corrected chi connectivity index (χ3v) is 3.95. The highest BCUT2D eigenvalue weighted by molar-refractivity contribution is 9.10. The molecule has 4 heteroatoms. The van der Waals surface area contributed by atoms with E-state index >= 15 is 0 Å². The Balaban J connectivity index is 2.45. The summed E-state index contributed by atoms with van der Waals surface area (Å²) in [6.45, 7) is 1.98. The summed E-state index contributed by atoms with van der Waals surface area (Å²) in [4.78, 5) is 13.3. The van der Waals surface area contributed by atoms with Crippen LogP contribution in [0.3, 0.4) is 0 Å². The number of thiophene rings is 1. The molecular weight excluding hydrogens is 308 g/mol. The van der Waals surface area contributed by atoms with Gasteiger partial charge in [0.15, 0.2) is 5.78 Å². The molecule has 0 unspecified atom stereocenters. The quantitative estimate of drug-likeness (QED) is 0.734. The highest BCUT2D eigenvalue weighted by Gasteiger charge is 2.14. The Morgan fingerprint density at radius 3 is 2.75 bits per heavy atom. The number of hydrogen-bond acceptors (Lipinski definition) is 2. The van der Waals surface area contributed by atoms with Crippen molar-refractivity contribution in [3.63, 3.8) is 0 Å². The van der Waals surface area contributed by atoms with Crippen molar-refractivity contribution in [3.05, 3.63) is 55.1 Å². The fourth-order valence-electron chi connectivity index (χ4n) is 1.39. The van der Waals surface area contributed by atoms with E-state index in [2.05, 4.69) is 15.9 Å². The Hall–Kier alpha value is -0.640. The zero-order valence-electron chi connectivity index (χ0n) is 8.46. The van der Waals surface area contributed by atoms with E-state index in [1.165, 1.54) is 0 Å². The van der Waals surface area contributed by atoms with E-state index in [9.17, 15) is 4.79 Å². The maximum Gasteiger partial charge on any atom is 0.195 e. The standard InChI is InChI=1S/C12H8BrClOS/c1-7-4-8(6-16-7)12(15)10-5-9(14)2-3-11(10)13/h2-6H,1H3. The van der Waals surface area contributed by atoms with Crippen LogP contribution in [-0.2, 0) is 0 Å². The molecule has 0 bridgehead atoms. The fourth-order valence-corrected chi connectivity index (χ4v) is 2.67. The topological polar surface area (TPSA) is 17.1 Å². The van der Waals surface area contributed by atoms with E-state index < -0.39 is 0 Å². The lowest BCUT2D eigenvalue weighted by atomic mass is 10.1. The van der Waals surface area contributed by atoms with Crippen LogP contribution < -0.4 is 0 Å². The predicted molar refractivity (Wildman–Crippen MR) is 71.6 cm³/mol. The maximum atomic E-state index is 12.2. The van der Waals surface area contributed by atoms with Gasteiger partial charge in [0.2, 0.25) is 0 Å². The third kappa shape index (κ3) is 2.37. The van der Waals surface area contributed by atoms with Crippen molar-refractivity contribution in [2.75, 3.05) is 0 Å². The number of benzene rings is 1. The molecule has 82 valence electrons. The van der Waals surface area contributed by atoms with Gasteiger partial charge in [-0.2, -0.15) is 0 Å². The number of aryl methyl sites for hydroxylation is 1. The molecule has 0 saturated carbocycles. The summed E-state index contributed by atoms with van der Waals surface area (Å²) in [6, 6.07) is 7.11. The first-order valence-corrected chi connectivity index (χ1v) is 6.68. The van der Waals surface area contributed by atoms with Gasteiger partial charge in [-0.1, -0.05) is 27.5 Å². The normalized spacial score (nSPS) is 10.4. The van der Waals surface area contributed by atoms with Gasteiger partial charge in [-0.3, -0.25) is 4.79 Å². The fraction of sp³-hybridized carbons (Fsp3) is 0.0833. The Morgan fingerprint density at radius 2 is 2.12 bits per heavy atom. The summed E-state index contributed by atoms with van der Waals surface area (Å²) in [5, 5.41) is 2.43. The van der Waals surface area contributed by atoms with Crippen molar-refractivity contribution >= 4 is 44.7 Å². The molecule has 0 atom stereocenters. The third-order valence-electron chi connectivity index (χ3n) is 2.17. The maximum absolute atomic E-state index is 12.2.